The molecular weight excluding hydrogens is 370 g/mol. The summed E-state index contributed by atoms with van der Waals surface area (Å²) < 4.78 is 37.9. The minimum atomic E-state index is -0.782. The van der Waals surface area contributed by atoms with Crippen molar-refractivity contribution in [3.8, 4) is 11.5 Å². The number of carbonyl (C=O) groups excluding carboxylic acids is 1. The normalized spacial score (nSPS) is 10.3. The molecule has 0 atom stereocenters. The monoisotopic (exact) mass is 386 g/mol. The lowest BCUT2D eigenvalue weighted by Crippen LogP contribution is -2.14. The van der Waals surface area contributed by atoms with Gasteiger partial charge in [0.05, 0.1) is 14.2 Å². The highest BCUT2D eigenvalue weighted by Gasteiger charge is 2.14. The Morgan fingerprint density at radius 2 is 1.68 bits per heavy atom. The van der Waals surface area contributed by atoms with Crippen LogP contribution in [0, 0.1) is 11.6 Å². The average molecular weight is 386 g/mol. The molecule has 0 unspecified atom stereocenters. The zero-order chi connectivity index (χ0) is 20.1. The SMILES string of the molecule is COc1ccc(NC(=O)c2cc(Nc3c(F)cccc3F)ncn2)cc1OC. The number of hydrogen-bond acceptors (Lipinski definition) is 6. The molecule has 0 saturated carbocycles. The lowest BCUT2D eigenvalue weighted by atomic mass is 10.2. The van der Waals surface area contributed by atoms with Crippen molar-refractivity contribution in [2.75, 3.05) is 24.9 Å². The van der Waals surface area contributed by atoms with Gasteiger partial charge in [0.2, 0.25) is 0 Å². The molecule has 0 saturated heterocycles. The third kappa shape index (κ3) is 4.14. The van der Waals surface area contributed by atoms with Gasteiger partial charge in [0.25, 0.3) is 5.91 Å². The molecule has 28 heavy (non-hydrogen) atoms. The highest BCUT2D eigenvalue weighted by atomic mass is 19.1. The van der Waals surface area contributed by atoms with Gasteiger partial charge in [-0.05, 0) is 24.3 Å². The third-order valence-electron chi connectivity index (χ3n) is 3.76. The summed E-state index contributed by atoms with van der Waals surface area (Å²) in [5.41, 5.74) is 0.0902. The van der Waals surface area contributed by atoms with E-state index >= 15 is 0 Å². The number of benzene rings is 2. The molecule has 2 aromatic carbocycles. The molecule has 144 valence electrons. The first kappa shape index (κ1) is 19.0. The summed E-state index contributed by atoms with van der Waals surface area (Å²) in [6.45, 7) is 0. The molecule has 0 aliphatic rings. The molecule has 3 rings (SSSR count). The van der Waals surface area contributed by atoms with E-state index in [0.717, 1.165) is 18.5 Å². The summed E-state index contributed by atoms with van der Waals surface area (Å²) in [7, 11) is 2.98. The molecule has 0 aliphatic carbocycles. The summed E-state index contributed by atoms with van der Waals surface area (Å²) in [4.78, 5) is 20.2. The first-order chi connectivity index (χ1) is 13.5. The van der Waals surface area contributed by atoms with Gasteiger partial charge in [0, 0.05) is 17.8 Å². The van der Waals surface area contributed by atoms with Crippen LogP contribution in [0.25, 0.3) is 0 Å². The van der Waals surface area contributed by atoms with Gasteiger partial charge in [-0.1, -0.05) is 6.07 Å². The standard InChI is InChI=1S/C19H16F2N4O3/c1-27-15-7-6-11(8-16(15)28-2)24-19(26)14-9-17(23-10-22-14)25-18-12(20)4-3-5-13(18)21/h3-10H,1-2H3,(H,24,26)(H,22,23,25). The number of halogens is 2. The van der Waals surface area contributed by atoms with Crippen LogP contribution in [-0.4, -0.2) is 30.1 Å². The Hall–Kier alpha value is -3.75. The van der Waals surface area contributed by atoms with E-state index in [1.54, 1.807) is 18.2 Å². The first-order valence-electron chi connectivity index (χ1n) is 8.08. The van der Waals surface area contributed by atoms with Crippen molar-refractivity contribution in [2.24, 2.45) is 0 Å². The van der Waals surface area contributed by atoms with Crippen molar-refractivity contribution in [2.45, 2.75) is 0 Å². The zero-order valence-corrected chi connectivity index (χ0v) is 15.0. The Labute approximate surface area is 159 Å². The molecule has 0 bridgehead atoms. The number of para-hydroxylation sites is 1. The number of ether oxygens (including phenoxy) is 2. The Kier molecular flexibility index (Phi) is 5.64. The third-order valence-corrected chi connectivity index (χ3v) is 3.76. The van der Waals surface area contributed by atoms with E-state index in [1.807, 2.05) is 0 Å². The fourth-order valence-corrected chi connectivity index (χ4v) is 2.40. The number of carbonyl (C=O) groups is 1. The molecule has 7 nitrogen and oxygen atoms in total. The summed E-state index contributed by atoms with van der Waals surface area (Å²) in [5.74, 6) is -1.07. The Bertz CT molecular complexity index is 994. The van der Waals surface area contributed by atoms with E-state index in [-0.39, 0.29) is 17.2 Å². The zero-order valence-electron chi connectivity index (χ0n) is 15.0. The number of nitrogens with one attached hydrogen (secondary N) is 2. The summed E-state index contributed by atoms with van der Waals surface area (Å²) in [5, 5.41) is 5.17. The van der Waals surface area contributed by atoms with Crippen LogP contribution in [-0.2, 0) is 0 Å². The van der Waals surface area contributed by atoms with Crippen LogP contribution in [0.4, 0.5) is 26.0 Å². The number of aromatic nitrogens is 2. The average Bonchev–Trinajstić information content (AvgIpc) is 2.71. The van der Waals surface area contributed by atoms with E-state index in [2.05, 4.69) is 20.6 Å². The highest BCUT2D eigenvalue weighted by Crippen LogP contribution is 2.30. The van der Waals surface area contributed by atoms with Crippen molar-refractivity contribution in [3.63, 3.8) is 0 Å². The van der Waals surface area contributed by atoms with Gasteiger partial charge in [-0.25, -0.2) is 18.7 Å². The molecule has 1 heterocycles. The van der Waals surface area contributed by atoms with Gasteiger partial charge < -0.3 is 20.1 Å². The smallest absolute Gasteiger partial charge is 0.274 e. The number of rotatable bonds is 6. The Morgan fingerprint density at radius 1 is 0.964 bits per heavy atom. The molecule has 1 aromatic heterocycles. The van der Waals surface area contributed by atoms with E-state index in [4.69, 9.17) is 9.47 Å². The van der Waals surface area contributed by atoms with Gasteiger partial charge in [0.1, 0.15) is 35.2 Å². The maximum atomic E-state index is 13.8. The number of hydrogen-bond donors (Lipinski definition) is 2. The van der Waals surface area contributed by atoms with Gasteiger partial charge >= 0.3 is 0 Å². The lowest BCUT2D eigenvalue weighted by molar-refractivity contribution is 0.102. The van der Waals surface area contributed by atoms with E-state index in [1.165, 1.54) is 26.4 Å². The number of amides is 1. The molecule has 9 heteroatoms. The largest absolute Gasteiger partial charge is 0.493 e. The summed E-state index contributed by atoms with van der Waals surface area (Å²) in [6.07, 6.45) is 1.12. The summed E-state index contributed by atoms with van der Waals surface area (Å²) >= 11 is 0. The van der Waals surface area contributed by atoms with Crippen LogP contribution >= 0.6 is 0 Å². The maximum Gasteiger partial charge on any atom is 0.274 e. The van der Waals surface area contributed by atoms with E-state index in [9.17, 15) is 13.6 Å². The van der Waals surface area contributed by atoms with Gasteiger partial charge in [-0.2, -0.15) is 0 Å². The van der Waals surface area contributed by atoms with Crippen molar-refractivity contribution in [3.05, 3.63) is 66.1 Å². The molecule has 0 fully saturated rings. The Morgan fingerprint density at radius 3 is 2.36 bits per heavy atom. The fourth-order valence-electron chi connectivity index (χ4n) is 2.40. The fraction of sp³-hybridized carbons (Fsp3) is 0.105. The second-order valence-electron chi connectivity index (χ2n) is 5.53. The number of methoxy groups -OCH3 is 2. The minimum absolute atomic E-state index is 0.00373. The van der Waals surface area contributed by atoms with Crippen molar-refractivity contribution >= 4 is 23.1 Å². The van der Waals surface area contributed by atoms with Crippen LogP contribution in [0.3, 0.4) is 0 Å². The van der Waals surface area contributed by atoms with Crippen molar-refractivity contribution in [1.82, 2.24) is 9.97 Å². The maximum absolute atomic E-state index is 13.8. The molecule has 3 aromatic rings. The van der Waals surface area contributed by atoms with Gasteiger partial charge in [-0.15, -0.1) is 0 Å². The second-order valence-corrected chi connectivity index (χ2v) is 5.53. The number of anilines is 3. The van der Waals surface area contributed by atoms with E-state index in [0.29, 0.717) is 17.2 Å². The molecule has 0 spiro atoms. The van der Waals surface area contributed by atoms with Gasteiger partial charge in [0.15, 0.2) is 11.5 Å². The molecule has 0 aliphatic heterocycles. The quantitative estimate of drug-likeness (QED) is 0.671. The molecular formula is C19H16F2N4O3. The predicted octanol–water partition coefficient (Wildman–Crippen LogP) is 3.77. The summed E-state index contributed by atoms with van der Waals surface area (Å²) in [6, 6.07) is 9.61. The lowest BCUT2D eigenvalue weighted by Gasteiger charge is -2.11. The second kappa shape index (κ2) is 8.30. The Balaban J connectivity index is 1.79. The number of nitrogens with zero attached hydrogens (tertiary/aromatic N) is 2. The molecule has 1 amide bonds. The van der Waals surface area contributed by atoms with Gasteiger partial charge in [-0.3, -0.25) is 4.79 Å². The van der Waals surface area contributed by atoms with Crippen LogP contribution in [0.1, 0.15) is 10.5 Å². The van der Waals surface area contributed by atoms with Crippen LogP contribution in [0.2, 0.25) is 0 Å². The van der Waals surface area contributed by atoms with Crippen LogP contribution in [0.15, 0.2) is 48.8 Å². The topological polar surface area (TPSA) is 85.4 Å². The first-order valence-corrected chi connectivity index (χ1v) is 8.08. The minimum Gasteiger partial charge on any atom is -0.493 e. The molecule has 2 N–H and O–H groups in total. The van der Waals surface area contributed by atoms with Crippen LogP contribution in [0.5, 0.6) is 11.5 Å². The molecule has 0 radical (unpaired) electrons. The predicted molar refractivity (Wildman–Crippen MR) is 99.2 cm³/mol. The van der Waals surface area contributed by atoms with Crippen LogP contribution < -0.4 is 20.1 Å². The van der Waals surface area contributed by atoms with E-state index < -0.39 is 17.5 Å². The highest BCUT2D eigenvalue weighted by molar-refractivity contribution is 6.03. The van der Waals surface area contributed by atoms with Crippen molar-refractivity contribution < 1.29 is 23.0 Å². The van der Waals surface area contributed by atoms with Crippen molar-refractivity contribution in [1.29, 1.82) is 0 Å².